The van der Waals surface area contributed by atoms with E-state index in [1.165, 1.54) is 29.5 Å². The Morgan fingerprint density at radius 1 is 1.15 bits per heavy atom. The number of ether oxygens (including phenoxy) is 2. The quantitative estimate of drug-likeness (QED) is 0.307. The zero-order valence-corrected chi connectivity index (χ0v) is 15.4. The van der Waals surface area contributed by atoms with Gasteiger partial charge >= 0.3 is 0 Å². The van der Waals surface area contributed by atoms with Crippen molar-refractivity contribution >= 4 is 34.9 Å². The van der Waals surface area contributed by atoms with E-state index in [9.17, 15) is 14.9 Å². The van der Waals surface area contributed by atoms with E-state index in [1.54, 1.807) is 24.3 Å². The van der Waals surface area contributed by atoms with Gasteiger partial charge in [0.05, 0.1) is 16.2 Å². The second-order valence-corrected chi connectivity index (χ2v) is 6.74. The number of thiazole rings is 1. The lowest BCUT2D eigenvalue weighted by atomic mass is 10.2. The fourth-order valence-corrected chi connectivity index (χ4v) is 3.00. The van der Waals surface area contributed by atoms with Crippen LogP contribution < -0.4 is 9.47 Å². The summed E-state index contributed by atoms with van der Waals surface area (Å²) in [4.78, 5) is 25.7. The van der Waals surface area contributed by atoms with E-state index in [1.807, 2.05) is 5.38 Å². The van der Waals surface area contributed by atoms with Crippen LogP contribution in [0.4, 0.5) is 5.69 Å². The van der Waals surface area contributed by atoms with Crippen LogP contribution in [0.1, 0.15) is 21.1 Å². The topological polar surface area (TPSA) is 91.6 Å². The number of nitrogens with zero attached hydrogens (tertiary/aromatic N) is 2. The SMILES string of the molecule is O=Cc1cc([N+](=O)[O-])ccc1OCc1csc(COc2ccc(Cl)cc2)n1. The molecule has 0 radical (unpaired) electrons. The number of carbonyl (C=O) groups excluding carboxylic acids is 1. The van der Waals surface area contributed by atoms with E-state index in [0.29, 0.717) is 29.4 Å². The van der Waals surface area contributed by atoms with Crippen LogP contribution in [0.5, 0.6) is 11.5 Å². The van der Waals surface area contributed by atoms with Gasteiger partial charge in [0.15, 0.2) is 6.29 Å². The van der Waals surface area contributed by atoms with Crippen LogP contribution in [0.3, 0.4) is 0 Å². The first kappa shape index (κ1) is 18.8. The lowest BCUT2D eigenvalue weighted by molar-refractivity contribution is -0.384. The van der Waals surface area contributed by atoms with Crippen LogP contribution in [-0.2, 0) is 13.2 Å². The zero-order chi connectivity index (χ0) is 19.2. The number of aldehydes is 1. The molecule has 0 bridgehead atoms. The lowest BCUT2D eigenvalue weighted by Gasteiger charge is -2.06. The number of hydrogen-bond donors (Lipinski definition) is 0. The minimum Gasteiger partial charge on any atom is -0.487 e. The molecule has 0 saturated carbocycles. The number of halogens is 1. The zero-order valence-electron chi connectivity index (χ0n) is 13.8. The number of hydrogen-bond acceptors (Lipinski definition) is 7. The van der Waals surface area contributed by atoms with E-state index in [4.69, 9.17) is 21.1 Å². The Kier molecular flexibility index (Phi) is 6.00. The van der Waals surface area contributed by atoms with E-state index in [0.717, 1.165) is 5.01 Å². The van der Waals surface area contributed by atoms with Gasteiger partial charge in [0.25, 0.3) is 5.69 Å². The minimum atomic E-state index is -0.565. The average molecular weight is 405 g/mol. The molecule has 0 amide bonds. The van der Waals surface area contributed by atoms with Crippen molar-refractivity contribution in [3.8, 4) is 11.5 Å². The van der Waals surface area contributed by atoms with Gasteiger partial charge in [-0.25, -0.2) is 4.98 Å². The highest BCUT2D eigenvalue weighted by Gasteiger charge is 2.12. The number of rotatable bonds is 8. The first-order chi connectivity index (χ1) is 13.0. The third-order valence-corrected chi connectivity index (χ3v) is 4.61. The Hall–Kier alpha value is -2.97. The molecule has 0 spiro atoms. The average Bonchev–Trinajstić information content (AvgIpc) is 3.13. The molecule has 138 valence electrons. The summed E-state index contributed by atoms with van der Waals surface area (Å²) < 4.78 is 11.2. The van der Waals surface area contributed by atoms with Gasteiger partial charge in [0.2, 0.25) is 0 Å². The van der Waals surface area contributed by atoms with Gasteiger partial charge < -0.3 is 9.47 Å². The Labute approximate surface area is 163 Å². The fraction of sp³-hybridized carbons (Fsp3) is 0.111. The molecule has 7 nitrogen and oxygen atoms in total. The van der Waals surface area contributed by atoms with Crippen LogP contribution in [0.2, 0.25) is 5.02 Å². The number of aromatic nitrogens is 1. The van der Waals surface area contributed by atoms with Gasteiger partial charge in [0.1, 0.15) is 29.7 Å². The summed E-state index contributed by atoms with van der Waals surface area (Å²) in [6, 6.07) is 10.9. The standard InChI is InChI=1S/C18H13ClN2O5S/c19-13-1-4-16(5-2-13)25-10-18-20-14(11-27-18)9-26-17-6-3-15(21(23)24)7-12(17)8-22/h1-8,11H,9-10H2. The second kappa shape index (κ2) is 8.61. The maximum atomic E-state index is 11.1. The van der Waals surface area contributed by atoms with Gasteiger partial charge in [-0.1, -0.05) is 11.6 Å². The number of benzene rings is 2. The van der Waals surface area contributed by atoms with Crippen LogP contribution in [0.25, 0.3) is 0 Å². The van der Waals surface area contributed by atoms with E-state index in [-0.39, 0.29) is 23.6 Å². The lowest BCUT2D eigenvalue weighted by Crippen LogP contribution is -2.01. The third-order valence-electron chi connectivity index (χ3n) is 3.48. The van der Waals surface area contributed by atoms with Crippen molar-refractivity contribution in [3.63, 3.8) is 0 Å². The van der Waals surface area contributed by atoms with E-state index in [2.05, 4.69) is 4.98 Å². The fourth-order valence-electron chi connectivity index (χ4n) is 2.18. The summed E-state index contributed by atoms with van der Waals surface area (Å²) in [5, 5.41) is 14.0. The smallest absolute Gasteiger partial charge is 0.270 e. The van der Waals surface area contributed by atoms with Gasteiger partial charge in [-0.2, -0.15) is 0 Å². The molecule has 0 aliphatic rings. The molecule has 3 aromatic rings. The first-order valence-electron chi connectivity index (χ1n) is 7.73. The minimum absolute atomic E-state index is 0.116. The number of non-ortho nitro benzene ring substituents is 1. The van der Waals surface area contributed by atoms with Gasteiger partial charge in [-0.05, 0) is 30.3 Å². The van der Waals surface area contributed by atoms with Crippen molar-refractivity contribution in [1.29, 1.82) is 0 Å². The van der Waals surface area contributed by atoms with E-state index < -0.39 is 4.92 Å². The van der Waals surface area contributed by atoms with Gasteiger partial charge in [0, 0.05) is 22.5 Å². The molecule has 0 unspecified atom stereocenters. The Bertz CT molecular complexity index is 959. The molecule has 1 heterocycles. The van der Waals surface area contributed by atoms with Gasteiger partial charge in [-0.15, -0.1) is 11.3 Å². The summed E-state index contributed by atoms with van der Waals surface area (Å²) in [5.41, 5.74) is 0.621. The maximum absolute atomic E-state index is 11.1. The second-order valence-electron chi connectivity index (χ2n) is 5.36. The Balaban J connectivity index is 1.58. The Morgan fingerprint density at radius 3 is 2.63 bits per heavy atom. The summed E-state index contributed by atoms with van der Waals surface area (Å²) in [6.07, 6.45) is 0.523. The summed E-state index contributed by atoms with van der Waals surface area (Å²) in [6.45, 7) is 0.444. The molecule has 0 saturated heterocycles. The Morgan fingerprint density at radius 2 is 1.93 bits per heavy atom. The molecule has 0 atom stereocenters. The number of nitro benzene ring substituents is 1. The highest BCUT2D eigenvalue weighted by atomic mass is 35.5. The normalized spacial score (nSPS) is 10.4. The predicted octanol–water partition coefficient (Wildman–Crippen LogP) is 4.68. The molecule has 0 N–H and O–H groups in total. The van der Waals surface area contributed by atoms with Crippen molar-refractivity contribution in [1.82, 2.24) is 4.98 Å². The molecular weight excluding hydrogens is 392 g/mol. The summed E-state index contributed by atoms with van der Waals surface area (Å²) in [5.74, 6) is 0.955. The highest BCUT2D eigenvalue weighted by Crippen LogP contribution is 2.24. The predicted molar refractivity (Wildman–Crippen MR) is 101 cm³/mol. The monoisotopic (exact) mass is 404 g/mol. The number of nitro groups is 1. The molecule has 9 heteroatoms. The number of carbonyl (C=O) groups is 1. The maximum Gasteiger partial charge on any atom is 0.270 e. The van der Waals surface area contributed by atoms with Crippen molar-refractivity contribution in [2.45, 2.75) is 13.2 Å². The molecule has 0 fully saturated rings. The van der Waals surface area contributed by atoms with Crippen LogP contribution in [-0.4, -0.2) is 16.2 Å². The molecule has 0 aliphatic heterocycles. The molecule has 2 aromatic carbocycles. The van der Waals surface area contributed by atoms with E-state index >= 15 is 0 Å². The molecular formula is C18H13ClN2O5S. The van der Waals surface area contributed by atoms with Crippen LogP contribution >= 0.6 is 22.9 Å². The molecule has 1 aromatic heterocycles. The van der Waals surface area contributed by atoms with Crippen LogP contribution in [0, 0.1) is 10.1 Å². The molecule has 27 heavy (non-hydrogen) atoms. The van der Waals surface area contributed by atoms with Crippen LogP contribution in [0.15, 0.2) is 47.8 Å². The molecule has 3 rings (SSSR count). The highest BCUT2D eigenvalue weighted by molar-refractivity contribution is 7.09. The summed E-state index contributed by atoms with van der Waals surface area (Å²) >= 11 is 7.25. The van der Waals surface area contributed by atoms with Crippen molar-refractivity contribution < 1.29 is 19.2 Å². The largest absolute Gasteiger partial charge is 0.487 e. The molecule has 0 aliphatic carbocycles. The van der Waals surface area contributed by atoms with Crippen molar-refractivity contribution in [3.05, 3.63) is 79.2 Å². The third kappa shape index (κ3) is 5.02. The summed E-state index contributed by atoms with van der Waals surface area (Å²) in [7, 11) is 0. The van der Waals surface area contributed by atoms with Crippen molar-refractivity contribution in [2.24, 2.45) is 0 Å². The first-order valence-corrected chi connectivity index (χ1v) is 8.99. The van der Waals surface area contributed by atoms with Gasteiger partial charge in [-0.3, -0.25) is 14.9 Å². The van der Waals surface area contributed by atoms with Crippen molar-refractivity contribution in [2.75, 3.05) is 0 Å².